The average Bonchev–Trinajstić information content (AvgIpc) is 2.68. The molecule has 0 aromatic carbocycles. The monoisotopic (exact) mass is 380 g/mol. The zero-order valence-electron chi connectivity index (χ0n) is 18.8. The highest BCUT2D eigenvalue weighted by molar-refractivity contribution is 5.69. The van der Waals surface area contributed by atoms with Gasteiger partial charge in [-0.05, 0) is 44.4 Å². The van der Waals surface area contributed by atoms with E-state index in [1.807, 2.05) is 0 Å². The largest absolute Gasteiger partial charge is 0.466 e. The second kappa shape index (κ2) is 21.5. The zero-order valence-corrected chi connectivity index (χ0v) is 18.8. The average molecular weight is 381 g/mol. The van der Waals surface area contributed by atoms with Crippen molar-refractivity contribution in [2.45, 2.75) is 130 Å². The maximum Gasteiger partial charge on any atom is 0.305 e. The molecule has 0 saturated carbocycles. The first kappa shape index (κ1) is 26.2. The fourth-order valence-electron chi connectivity index (χ4n) is 3.45. The molecule has 27 heavy (non-hydrogen) atoms. The lowest BCUT2D eigenvalue weighted by Gasteiger charge is -2.11. The summed E-state index contributed by atoms with van der Waals surface area (Å²) in [5, 5.41) is 0. The predicted molar refractivity (Wildman–Crippen MR) is 119 cm³/mol. The lowest BCUT2D eigenvalue weighted by molar-refractivity contribution is -0.144. The van der Waals surface area contributed by atoms with Crippen molar-refractivity contribution in [2.24, 2.45) is 5.92 Å². The SMILES string of the molecule is CCCCCCCC/C=C\CCCCCCCC(=O)OCCC(CC)CC. The van der Waals surface area contributed by atoms with Gasteiger partial charge in [0.2, 0.25) is 0 Å². The van der Waals surface area contributed by atoms with Crippen LogP contribution in [0.15, 0.2) is 12.2 Å². The van der Waals surface area contributed by atoms with Gasteiger partial charge in [-0.2, -0.15) is 0 Å². The Morgan fingerprint density at radius 1 is 0.741 bits per heavy atom. The molecule has 0 bridgehead atoms. The van der Waals surface area contributed by atoms with Crippen LogP contribution in [0.25, 0.3) is 0 Å². The van der Waals surface area contributed by atoms with E-state index in [-0.39, 0.29) is 5.97 Å². The fourth-order valence-corrected chi connectivity index (χ4v) is 3.45. The molecule has 0 unspecified atom stereocenters. The van der Waals surface area contributed by atoms with E-state index in [2.05, 4.69) is 32.9 Å². The minimum atomic E-state index is -0.00131. The van der Waals surface area contributed by atoms with E-state index in [1.165, 1.54) is 83.5 Å². The molecule has 0 saturated heterocycles. The van der Waals surface area contributed by atoms with Crippen LogP contribution in [-0.4, -0.2) is 12.6 Å². The Morgan fingerprint density at radius 3 is 1.81 bits per heavy atom. The van der Waals surface area contributed by atoms with E-state index in [9.17, 15) is 4.79 Å². The van der Waals surface area contributed by atoms with E-state index in [0.717, 1.165) is 19.3 Å². The van der Waals surface area contributed by atoms with Crippen molar-refractivity contribution in [3.8, 4) is 0 Å². The van der Waals surface area contributed by atoms with Crippen molar-refractivity contribution >= 4 is 5.97 Å². The van der Waals surface area contributed by atoms with Crippen LogP contribution in [0.1, 0.15) is 130 Å². The highest BCUT2D eigenvalue weighted by Crippen LogP contribution is 2.13. The van der Waals surface area contributed by atoms with Crippen molar-refractivity contribution in [3.63, 3.8) is 0 Å². The number of allylic oxidation sites excluding steroid dienone is 2. The van der Waals surface area contributed by atoms with Gasteiger partial charge in [0, 0.05) is 6.42 Å². The van der Waals surface area contributed by atoms with Crippen LogP contribution in [0, 0.1) is 5.92 Å². The number of ether oxygens (including phenoxy) is 1. The van der Waals surface area contributed by atoms with Gasteiger partial charge in [0.15, 0.2) is 0 Å². The van der Waals surface area contributed by atoms with E-state index in [0.29, 0.717) is 18.9 Å². The molecule has 0 aromatic heterocycles. The normalized spacial score (nSPS) is 11.6. The van der Waals surface area contributed by atoms with Gasteiger partial charge in [0.1, 0.15) is 0 Å². The molecule has 0 aliphatic carbocycles. The van der Waals surface area contributed by atoms with E-state index in [4.69, 9.17) is 4.74 Å². The first-order valence-corrected chi connectivity index (χ1v) is 12.0. The fraction of sp³-hybridized carbons (Fsp3) is 0.880. The molecule has 0 aliphatic heterocycles. The van der Waals surface area contributed by atoms with Crippen LogP contribution < -0.4 is 0 Å². The second-order valence-electron chi connectivity index (χ2n) is 8.03. The van der Waals surface area contributed by atoms with Crippen molar-refractivity contribution in [1.82, 2.24) is 0 Å². The summed E-state index contributed by atoms with van der Waals surface area (Å²) in [5.41, 5.74) is 0. The molecule has 0 N–H and O–H groups in total. The number of hydrogen-bond acceptors (Lipinski definition) is 2. The minimum absolute atomic E-state index is 0.00131. The number of unbranched alkanes of at least 4 members (excludes halogenated alkanes) is 11. The second-order valence-corrected chi connectivity index (χ2v) is 8.03. The van der Waals surface area contributed by atoms with Gasteiger partial charge in [0.25, 0.3) is 0 Å². The van der Waals surface area contributed by atoms with Crippen LogP contribution in [0.2, 0.25) is 0 Å². The Hall–Kier alpha value is -0.790. The third-order valence-electron chi connectivity index (χ3n) is 5.59. The first-order chi connectivity index (χ1) is 13.2. The summed E-state index contributed by atoms with van der Waals surface area (Å²) in [7, 11) is 0. The molecule has 0 aliphatic rings. The smallest absolute Gasteiger partial charge is 0.305 e. The van der Waals surface area contributed by atoms with Crippen molar-refractivity contribution in [2.75, 3.05) is 6.61 Å². The molecule has 2 heteroatoms. The van der Waals surface area contributed by atoms with Gasteiger partial charge >= 0.3 is 5.97 Å². The molecule has 0 rings (SSSR count). The molecule has 0 spiro atoms. The summed E-state index contributed by atoms with van der Waals surface area (Å²) in [4.78, 5) is 11.7. The molecule has 0 aromatic rings. The Labute approximate surface area is 170 Å². The Kier molecular flexibility index (Phi) is 20.9. The standard InChI is InChI=1S/C25H48O2/c1-4-7-8-9-10-11-12-13-14-15-16-17-18-19-20-21-25(26)27-23-22-24(5-2)6-3/h13-14,24H,4-12,15-23H2,1-3H3/b14-13-. The third kappa shape index (κ3) is 19.8. The molecule has 0 atom stereocenters. The number of carbonyl (C=O) groups excluding carboxylic acids is 1. The van der Waals surface area contributed by atoms with Crippen LogP contribution in [0.5, 0.6) is 0 Å². The lowest BCUT2D eigenvalue weighted by atomic mass is 10.0. The third-order valence-corrected chi connectivity index (χ3v) is 5.59. The molecule has 0 fully saturated rings. The predicted octanol–water partition coefficient (Wildman–Crippen LogP) is 8.39. The highest BCUT2D eigenvalue weighted by Gasteiger charge is 2.06. The highest BCUT2D eigenvalue weighted by atomic mass is 16.5. The molecule has 2 nitrogen and oxygen atoms in total. The van der Waals surface area contributed by atoms with Crippen LogP contribution in [0.4, 0.5) is 0 Å². The summed E-state index contributed by atoms with van der Waals surface area (Å²) in [6, 6.07) is 0. The maximum absolute atomic E-state index is 11.7. The molecular weight excluding hydrogens is 332 g/mol. The summed E-state index contributed by atoms with van der Waals surface area (Å²) in [6.45, 7) is 7.30. The van der Waals surface area contributed by atoms with Gasteiger partial charge in [-0.1, -0.05) is 97.1 Å². The quantitative estimate of drug-likeness (QED) is 0.120. The minimum Gasteiger partial charge on any atom is -0.466 e. The summed E-state index contributed by atoms with van der Waals surface area (Å²) in [5.74, 6) is 0.705. The van der Waals surface area contributed by atoms with Crippen molar-refractivity contribution in [3.05, 3.63) is 12.2 Å². The van der Waals surface area contributed by atoms with E-state index >= 15 is 0 Å². The van der Waals surface area contributed by atoms with Gasteiger partial charge in [-0.3, -0.25) is 4.79 Å². The number of rotatable bonds is 20. The van der Waals surface area contributed by atoms with Crippen LogP contribution in [0.3, 0.4) is 0 Å². The topological polar surface area (TPSA) is 26.3 Å². The van der Waals surface area contributed by atoms with Gasteiger partial charge in [0.05, 0.1) is 6.61 Å². The number of esters is 1. The molecule has 160 valence electrons. The van der Waals surface area contributed by atoms with Gasteiger partial charge in [-0.25, -0.2) is 0 Å². The first-order valence-electron chi connectivity index (χ1n) is 12.0. The molecular formula is C25H48O2. The zero-order chi connectivity index (χ0) is 20.0. The summed E-state index contributed by atoms with van der Waals surface area (Å²) in [6.07, 6.45) is 25.4. The van der Waals surface area contributed by atoms with Gasteiger partial charge in [-0.15, -0.1) is 0 Å². The van der Waals surface area contributed by atoms with Crippen LogP contribution in [-0.2, 0) is 9.53 Å². The molecule has 0 radical (unpaired) electrons. The van der Waals surface area contributed by atoms with E-state index < -0.39 is 0 Å². The van der Waals surface area contributed by atoms with Gasteiger partial charge < -0.3 is 4.74 Å². The lowest BCUT2D eigenvalue weighted by Crippen LogP contribution is -2.09. The Balaban J connectivity index is 3.28. The molecule has 0 heterocycles. The van der Waals surface area contributed by atoms with Crippen LogP contribution >= 0.6 is 0 Å². The maximum atomic E-state index is 11.7. The Morgan fingerprint density at radius 2 is 1.26 bits per heavy atom. The number of hydrogen-bond donors (Lipinski definition) is 0. The van der Waals surface area contributed by atoms with E-state index in [1.54, 1.807) is 0 Å². The molecule has 0 amide bonds. The van der Waals surface area contributed by atoms with Crippen molar-refractivity contribution in [1.29, 1.82) is 0 Å². The summed E-state index contributed by atoms with van der Waals surface area (Å²) < 4.78 is 5.35. The Bertz CT molecular complexity index is 331. The summed E-state index contributed by atoms with van der Waals surface area (Å²) >= 11 is 0. The van der Waals surface area contributed by atoms with Crippen molar-refractivity contribution < 1.29 is 9.53 Å². The number of carbonyl (C=O) groups is 1.